The molecule has 1 aliphatic heterocycles. The molecule has 17 heavy (non-hydrogen) atoms. The van der Waals surface area contributed by atoms with Gasteiger partial charge in [-0.05, 0) is 44.2 Å². The Morgan fingerprint density at radius 3 is 2.29 bits per heavy atom. The second-order valence-corrected chi connectivity index (χ2v) is 6.36. The first-order valence-electron chi connectivity index (χ1n) is 7.71. The Morgan fingerprint density at radius 1 is 1.00 bits per heavy atom. The third-order valence-corrected chi connectivity index (χ3v) is 4.75. The number of hydrogen-bond donors (Lipinski definition) is 1. The molecule has 100 valence electrons. The van der Waals surface area contributed by atoms with Crippen LogP contribution in [0.2, 0.25) is 0 Å². The van der Waals surface area contributed by atoms with Crippen LogP contribution < -0.4 is 5.32 Å². The first-order valence-corrected chi connectivity index (χ1v) is 7.71. The Balaban J connectivity index is 1.51. The molecule has 1 aliphatic carbocycles. The van der Waals surface area contributed by atoms with Crippen molar-refractivity contribution < 1.29 is 0 Å². The van der Waals surface area contributed by atoms with Gasteiger partial charge < -0.3 is 10.2 Å². The van der Waals surface area contributed by atoms with Crippen molar-refractivity contribution in [3.63, 3.8) is 0 Å². The van der Waals surface area contributed by atoms with Gasteiger partial charge in [0.1, 0.15) is 0 Å². The van der Waals surface area contributed by atoms with Gasteiger partial charge >= 0.3 is 0 Å². The number of nitrogens with one attached hydrogen (secondary N) is 1. The molecule has 2 fully saturated rings. The molecule has 1 saturated carbocycles. The fourth-order valence-corrected chi connectivity index (χ4v) is 3.35. The van der Waals surface area contributed by atoms with Crippen molar-refractivity contribution in [2.24, 2.45) is 11.8 Å². The fourth-order valence-electron chi connectivity index (χ4n) is 3.35. The monoisotopic (exact) mass is 238 g/mol. The molecule has 0 amide bonds. The molecule has 2 rings (SSSR count). The van der Waals surface area contributed by atoms with Gasteiger partial charge in [-0.15, -0.1) is 0 Å². The molecule has 0 aromatic rings. The lowest BCUT2D eigenvalue weighted by atomic mass is 9.95. The molecular weight excluding hydrogens is 208 g/mol. The molecule has 2 aliphatic rings. The van der Waals surface area contributed by atoms with Crippen LogP contribution in [0.5, 0.6) is 0 Å². The number of nitrogens with zero attached hydrogens (tertiary/aromatic N) is 1. The van der Waals surface area contributed by atoms with E-state index in [2.05, 4.69) is 24.1 Å². The van der Waals surface area contributed by atoms with E-state index < -0.39 is 0 Å². The summed E-state index contributed by atoms with van der Waals surface area (Å²) in [6, 6.07) is 0.833. The van der Waals surface area contributed by atoms with Gasteiger partial charge in [-0.3, -0.25) is 0 Å². The molecule has 2 atom stereocenters. The minimum Gasteiger partial charge on any atom is -0.314 e. The maximum Gasteiger partial charge on any atom is 0.00670 e. The van der Waals surface area contributed by atoms with Crippen LogP contribution >= 0.6 is 0 Å². The third kappa shape index (κ3) is 4.26. The van der Waals surface area contributed by atoms with Gasteiger partial charge in [-0.25, -0.2) is 0 Å². The van der Waals surface area contributed by atoms with E-state index in [1.807, 2.05) is 0 Å². The summed E-state index contributed by atoms with van der Waals surface area (Å²) in [4.78, 5) is 2.65. The standard InChI is InChI=1S/C15H30N2/c1-13-11-17(12-14(13)2)10-6-9-16-15-7-4-3-5-8-15/h13-16H,3-12H2,1-2H3. The van der Waals surface area contributed by atoms with Crippen LogP contribution in [0.1, 0.15) is 52.4 Å². The van der Waals surface area contributed by atoms with Crippen LogP contribution in [0.4, 0.5) is 0 Å². The van der Waals surface area contributed by atoms with E-state index in [0.29, 0.717) is 0 Å². The largest absolute Gasteiger partial charge is 0.314 e. The Morgan fingerprint density at radius 2 is 1.65 bits per heavy atom. The highest BCUT2D eigenvalue weighted by Gasteiger charge is 2.25. The van der Waals surface area contributed by atoms with Gasteiger partial charge in [0.25, 0.3) is 0 Å². The first-order chi connectivity index (χ1) is 8.25. The van der Waals surface area contributed by atoms with Crippen LogP contribution in [0.3, 0.4) is 0 Å². The van der Waals surface area contributed by atoms with E-state index in [4.69, 9.17) is 0 Å². The predicted octanol–water partition coefficient (Wildman–Crippen LogP) is 2.89. The average Bonchev–Trinajstić information content (AvgIpc) is 2.66. The molecule has 1 heterocycles. The Hall–Kier alpha value is -0.0800. The van der Waals surface area contributed by atoms with Crippen LogP contribution in [0, 0.1) is 11.8 Å². The Bertz CT molecular complexity index is 201. The Kier molecular flexibility index (Phi) is 5.30. The maximum absolute atomic E-state index is 3.74. The SMILES string of the molecule is CC1CN(CCCNC2CCCCC2)CC1C. The predicted molar refractivity (Wildman–Crippen MR) is 74.3 cm³/mol. The van der Waals surface area contributed by atoms with E-state index in [1.54, 1.807) is 0 Å². The molecule has 0 spiro atoms. The smallest absolute Gasteiger partial charge is 0.00670 e. The van der Waals surface area contributed by atoms with Gasteiger partial charge in [0.2, 0.25) is 0 Å². The highest BCUT2D eigenvalue weighted by Crippen LogP contribution is 2.22. The number of likely N-dealkylation sites (tertiary alicyclic amines) is 1. The van der Waals surface area contributed by atoms with E-state index >= 15 is 0 Å². The fraction of sp³-hybridized carbons (Fsp3) is 1.00. The molecule has 2 nitrogen and oxygen atoms in total. The van der Waals surface area contributed by atoms with Crippen molar-refractivity contribution in [2.75, 3.05) is 26.2 Å². The number of rotatable bonds is 5. The molecule has 2 heteroatoms. The molecule has 1 N–H and O–H groups in total. The van der Waals surface area contributed by atoms with E-state index in [9.17, 15) is 0 Å². The highest BCUT2D eigenvalue weighted by atomic mass is 15.1. The Labute approximate surface area is 107 Å². The summed E-state index contributed by atoms with van der Waals surface area (Å²) in [6.07, 6.45) is 8.50. The summed E-state index contributed by atoms with van der Waals surface area (Å²) in [7, 11) is 0. The first kappa shape index (κ1) is 13.4. The van der Waals surface area contributed by atoms with Gasteiger partial charge in [-0.1, -0.05) is 33.1 Å². The van der Waals surface area contributed by atoms with E-state index in [1.165, 1.54) is 64.7 Å². The quantitative estimate of drug-likeness (QED) is 0.741. The summed E-state index contributed by atoms with van der Waals surface area (Å²) < 4.78 is 0. The zero-order valence-electron chi connectivity index (χ0n) is 11.8. The lowest BCUT2D eigenvalue weighted by molar-refractivity contribution is 0.306. The van der Waals surface area contributed by atoms with Gasteiger partial charge in [0.15, 0.2) is 0 Å². The van der Waals surface area contributed by atoms with Crippen LogP contribution in [0.25, 0.3) is 0 Å². The molecule has 0 aromatic carbocycles. The minimum absolute atomic E-state index is 0.833. The summed E-state index contributed by atoms with van der Waals surface area (Å²) in [5.41, 5.74) is 0. The van der Waals surface area contributed by atoms with Crippen molar-refractivity contribution in [3.05, 3.63) is 0 Å². The molecule has 0 aromatic heterocycles. The van der Waals surface area contributed by atoms with E-state index in [0.717, 1.165) is 17.9 Å². The highest BCUT2D eigenvalue weighted by molar-refractivity contribution is 4.78. The van der Waals surface area contributed by atoms with Crippen molar-refractivity contribution in [3.8, 4) is 0 Å². The van der Waals surface area contributed by atoms with E-state index in [-0.39, 0.29) is 0 Å². The van der Waals surface area contributed by atoms with Crippen molar-refractivity contribution in [1.29, 1.82) is 0 Å². The van der Waals surface area contributed by atoms with Crippen LogP contribution in [0.15, 0.2) is 0 Å². The summed E-state index contributed by atoms with van der Waals surface area (Å²) >= 11 is 0. The molecule has 1 saturated heterocycles. The zero-order valence-corrected chi connectivity index (χ0v) is 11.8. The normalized spacial score (nSPS) is 32.1. The second kappa shape index (κ2) is 6.75. The average molecular weight is 238 g/mol. The lowest BCUT2D eigenvalue weighted by Crippen LogP contribution is -2.33. The summed E-state index contributed by atoms with van der Waals surface area (Å²) in [5, 5.41) is 3.74. The molecule has 0 radical (unpaired) electrons. The van der Waals surface area contributed by atoms with Crippen molar-refractivity contribution >= 4 is 0 Å². The maximum atomic E-state index is 3.74. The van der Waals surface area contributed by atoms with Gasteiger partial charge in [0, 0.05) is 19.1 Å². The molecule has 2 unspecified atom stereocenters. The van der Waals surface area contributed by atoms with Crippen LogP contribution in [-0.4, -0.2) is 37.1 Å². The number of hydrogen-bond acceptors (Lipinski definition) is 2. The second-order valence-electron chi connectivity index (χ2n) is 6.36. The minimum atomic E-state index is 0.833. The topological polar surface area (TPSA) is 15.3 Å². The van der Waals surface area contributed by atoms with Crippen molar-refractivity contribution in [2.45, 2.75) is 58.4 Å². The lowest BCUT2D eigenvalue weighted by Gasteiger charge is -2.23. The van der Waals surface area contributed by atoms with Gasteiger partial charge in [0.05, 0.1) is 0 Å². The molecule has 0 bridgehead atoms. The zero-order chi connectivity index (χ0) is 12.1. The summed E-state index contributed by atoms with van der Waals surface area (Å²) in [6.45, 7) is 9.96. The van der Waals surface area contributed by atoms with Crippen LogP contribution in [-0.2, 0) is 0 Å². The molecular formula is C15H30N2. The van der Waals surface area contributed by atoms with Crippen molar-refractivity contribution in [1.82, 2.24) is 10.2 Å². The summed E-state index contributed by atoms with van der Waals surface area (Å²) in [5.74, 6) is 1.81. The third-order valence-electron chi connectivity index (χ3n) is 4.75. The van der Waals surface area contributed by atoms with Gasteiger partial charge in [-0.2, -0.15) is 0 Å².